The Bertz CT molecular complexity index is 400. The van der Waals surface area contributed by atoms with E-state index in [0.717, 1.165) is 45.1 Å². The number of nitrogens with zero attached hydrogens (tertiary/aromatic N) is 1. The first-order valence-electron chi connectivity index (χ1n) is 7.48. The van der Waals surface area contributed by atoms with Crippen LogP contribution in [0.15, 0.2) is 24.3 Å². The fourth-order valence-corrected chi connectivity index (χ4v) is 2.79. The molecule has 2 nitrogen and oxygen atoms in total. The van der Waals surface area contributed by atoms with Gasteiger partial charge in [-0.2, -0.15) is 0 Å². The van der Waals surface area contributed by atoms with Crippen LogP contribution in [0, 0.1) is 0 Å². The molecule has 0 N–H and O–H groups in total. The lowest BCUT2D eigenvalue weighted by Crippen LogP contribution is -2.36. The van der Waals surface area contributed by atoms with Gasteiger partial charge in [0.15, 0.2) is 0 Å². The minimum absolute atomic E-state index is 0.444. The molecule has 0 saturated heterocycles. The van der Waals surface area contributed by atoms with Crippen molar-refractivity contribution in [2.24, 2.45) is 0 Å². The molecule has 1 aliphatic rings. The van der Waals surface area contributed by atoms with E-state index in [1.165, 1.54) is 11.1 Å². The normalized spacial score (nSPS) is 17.1. The topological polar surface area (TPSA) is 20.3 Å². The maximum Gasteiger partial charge on any atom is 0.133 e. The third-order valence-corrected chi connectivity index (χ3v) is 4.32. The number of Topliss-reactive ketones (excluding diaryl/α,β-unsaturated/α-hetero) is 1. The van der Waals surface area contributed by atoms with Crippen LogP contribution in [0.1, 0.15) is 43.7 Å². The minimum Gasteiger partial charge on any atom is -0.303 e. The second kappa shape index (κ2) is 6.85. The van der Waals surface area contributed by atoms with E-state index in [4.69, 9.17) is 0 Å². The quantitative estimate of drug-likeness (QED) is 0.809. The number of rotatable bonds is 5. The Morgan fingerprint density at radius 2 is 1.68 bits per heavy atom. The third-order valence-electron chi connectivity index (χ3n) is 4.32. The molecule has 1 fully saturated rings. The van der Waals surface area contributed by atoms with Crippen molar-refractivity contribution in [1.82, 2.24) is 4.90 Å². The van der Waals surface area contributed by atoms with E-state index in [1.807, 2.05) is 0 Å². The van der Waals surface area contributed by atoms with Crippen molar-refractivity contribution in [3.63, 3.8) is 0 Å². The Morgan fingerprint density at radius 3 is 2.26 bits per heavy atom. The lowest BCUT2D eigenvalue weighted by molar-refractivity contribution is -0.121. The van der Waals surface area contributed by atoms with Gasteiger partial charge in [-0.15, -0.1) is 0 Å². The van der Waals surface area contributed by atoms with Crippen LogP contribution in [0.5, 0.6) is 0 Å². The second-order valence-electron chi connectivity index (χ2n) is 5.67. The molecule has 0 aromatic heterocycles. The van der Waals surface area contributed by atoms with Gasteiger partial charge in [-0.25, -0.2) is 0 Å². The molecule has 0 bridgehead atoms. The van der Waals surface area contributed by atoms with Crippen molar-refractivity contribution in [2.45, 2.75) is 51.5 Å². The summed E-state index contributed by atoms with van der Waals surface area (Å²) in [7, 11) is 2.20. The van der Waals surface area contributed by atoms with E-state index in [-0.39, 0.29) is 0 Å². The maximum atomic E-state index is 11.3. The van der Waals surface area contributed by atoms with E-state index in [9.17, 15) is 4.79 Å². The summed E-state index contributed by atoms with van der Waals surface area (Å²) in [5.41, 5.74) is 2.82. The van der Waals surface area contributed by atoms with Gasteiger partial charge in [-0.05, 0) is 43.9 Å². The second-order valence-corrected chi connectivity index (χ2v) is 5.67. The first-order chi connectivity index (χ1) is 9.19. The lowest BCUT2D eigenvalue weighted by atomic mass is 9.93. The van der Waals surface area contributed by atoms with Crippen LogP contribution in [0.3, 0.4) is 0 Å². The smallest absolute Gasteiger partial charge is 0.133 e. The summed E-state index contributed by atoms with van der Waals surface area (Å²) < 4.78 is 0. The molecule has 0 radical (unpaired) electrons. The summed E-state index contributed by atoms with van der Waals surface area (Å²) in [5, 5.41) is 0. The Morgan fingerprint density at radius 1 is 1.11 bits per heavy atom. The fourth-order valence-electron chi connectivity index (χ4n) is 2.79. The van der Waals surface area contributed by atoms with E-state index < -0.39 is 0 Å². The van der Waals surface area contributed by atoms with Crippen molar-refractivity contribution >= 4 is 5.78 Å². The van der Waals surface area contributed by atoms with Crippen molar-refractivity contribution in [1.29, 1.82) is 0 Å². The minimum atomic E-state index is 0.444. The van der Waals surface area contributed by atoms with Crippen molar-refractivity contribution in [3.8, 4) is 0 Å². The van der Waals surface area contributed by atoms with Gasteiger partial charge in [0.2, 0.25) is 0 Å². The molecule has 0 spiro atoms. The van der Waals surface area contributed by atoms with Crippen molar-refractivity contribution in [3.05, 3.63) is 35.4 Å². The van der Waals surface area contributed by atoms with Crippen LogP contribution in [0.2, 0.25) is 0 Å². The SMILES string of the molecule is CCc1ccc(CCN(C)C2CCC(=O)CC2)cc1. The van der Waals surface area contributed by atoms with Crippen LogP contribution in [0.4, 0.5) is 0 Å². The molecular formula is C17H25NO. The van der Waals surface area contributed by atoms with Gasteiger partial charge in [0.25, 0.3) is 0 Å². The van der Waals surface area contributed by atoms with Gasteiger partial charge < -0.3 is 4.90 Å². The number of ketones is 1. The average Bonchev–Trinajstić information content (AvgIpc) is 2.46. The predicted octanol–water partition coefficient (Wildman–Crippen LogP) is 3.24. The van der Waals surface area contributed by atoms with Crippen molar-refractivity contribution in [2.75, 3.05) is 13.6 Å². The molecule has 1 saturated carbocycles. The Balaban J connectivity index is 1.79. The highest BCUT2D eigenvalue weighted by Crippen LogP contribution is 2.19. The van der Waals surface area contributed by atoms with E-state index >= 15 is 0 Å². The number of aryl methyl sites for hydroxylation is 1. The van der Waals surface area contributed by atoms with Gasteiger partial charge in [-0.1, -0.05) is 31.2 Å². The van der Waals surface area contributed by atoms with Gasteiger partial charge >= 0.3 is 0 Å². The first-order valence-corrected chi connectivity index (χ1v) is 7.48. The summed E-state index contributed by atoms with van der Waals surface area (Å²) in [6.07, 6.45) is 5.86. The van der Waals surface area contributed by atoms with Crippen LogP contribution < -0.4 is 0 Å². The number of hydrogen-bond acceptors (Lipinski definition) is 2. The highest BCUT2D eigenvalue weighted by Gasteiger charge is 2.21. The largest absolute Gasteiger partial charge is 0.303 e. The first kappa shape index (κ1) is 14.3. The molecule has 0 atom stereocenters. The lowest BCUT2D eigenvalue weighted by Gasteiger charge is -2.30. The number of hydrogen-bond donors (Lipinski definition) is 0. The standard InChI is InChI=1S/C17H25NO/c1-3-14-4-6-15(7-5-14)12-13-18(2)16-8-10-17(19)11-9-16/h4-7,16H,3,8-13H2,1-2H3. The molecule has 1 aromatic carbocycles. The highest BCUT2D eigenvalue weighted by atomic mass is 16.1. The summed E-state index contributed by atoms with van der Waals surface area (Å²) in [5.74, 6) is 0.444. The summed E-state index contributed by atoms with van der Waals surface area (Å²) in [4.78, 5) is 13.7. The average molecular weight is 259 g/mol. The zero-order chi connectivity index (χ0) is 13.7. The Labute approximate surface area is 116 Å². The van der Waals surface area contributed by atoms with Crippen LogP contribution in [0.25, 0.3) is 0 Å². The Kier molecular flexibility index (Phi) is 5.15. The van der Waals surface area contributed by atoms with Crippen molar-refractivity contribution < 1.29 is 4.79 Å². The van der Waals surface area contributed by atoms with Gasteiger partial charge in [0, 0.05) is 25.4 Å². The molecule has 2 rings (SSSR count). The van der Waals surface area contributed by atoms with Gasteiger partial charge in [0.1, 0.15) is 5.78 Å². The van der Waals surface area contributed by atoms with E-state index in [0.29, 0.717) is 11.8 Å². The molecule has 0 heterocycles. The number of likely N-dealkylation sites (N-methyl/N-ethyl adjacent to an activating group) is 1. The van der Waals surface area contributed by atoms with E-state index in [1.54, 1.807) is 0 Å². The van der Waals surface area contributed by atoms with Crippen LogP contribution >= 0.6 is 0 Å². The molecule has 2 heteroatoms. The van der Waals surface area contributed by atoms with E-state index in [2.05, 4.69) is 43.1 Å². The number of carbonyl (C=O) groups excluding carboxylic acids is 1. The molecule has 0 unspecified atom stereocenters. The monoisotopic (exact) mass is 259 g/mol. The summed E-state index contributed by atoms with van der Waals surface area (Å²) in [6.45, 7) is 3.28. The molecule has 0 amide bonds. The fraction of sp³-hybridized carbons (Fsp3) is 0.588. The summed E-state index contributed by atoms with van der Waals surface area (Å²) in [6, 6.07) is 9.56. The predicted molar refractivity (Wildman–Crippen MR) is 79.4 cm³/mol. The third kappa shape index (κ3) is 4.17. The molecular weight excluding hydrogens is 234 g/mol. The number of carbonyl (C=O) groups is 1. The zero-order valence-electron chi connectivity index (χ0n) is 12.2. The maximum absolute atomic E-state index is 11.3. The molecule has 104 valence electrons. The van der Waals surface area contributed by atoms with Crippen LogP contribution in [-0.4, -0.2) is 30.3 Å². The molecule has 1 aliphatic carbocycles. The Hall–Kier alpha value is -1.15. The van der Waals surface area contributed by atoms with Gasteiger partial charge in [-0.3, -0.25) is 4.79 Å². The molecule has 1 aromatic rings. The van der Waals surface area contributed by atoms with Gasteiger partial charge in [0.05, 0.1) is 0 Å². The molecule has 19 heavy (non-hydrogen) atoms. The highest BCUT2D eigenvalue weighted by molar-refractivity contribution is 5.79. The molecule has 0 aliphatic heterocycles. The summed E-state index contributed by atoms with van der Waals surface area (Å²) >= 11 is 0. The number of benzene rings is 1. The zero-order valence-corrected chi connectivity index (χ0v) is 12.2. The van der Waals surface area contributed by atoms with Crippen LogP contribution in [-0.2, 0) is 17.6 Å².